The van der Waals surface area contributed by atoms with Gasteiger partial charge >= 0.3 is 0 Å². The molecule has 1 aromatic heterocycles. The number of hydrogen-bond acceptors (Lipinski definition) is 2. The number of hydrogen-bond donors (Lipinski definition) is 0. The third kappa shape index (κ3) is 2.02. The predicted octanol–water partition coefficient (Wildman–Crippen LogP) is 5.53. The van der Waals surface area contributed by atoms with Crippen molar-refractivity contribution in [2.45, 2.75) is 36.7 Å². The van der Waals surface area contributed by atoms with Gasteiger partial charge in [0, 0.05) is 11.7 Å². The van der Waals surface area contributed by atoms with Crippen molar-refractivity contribution in [1.82, 2.24) is 0 Å². The van der Waals surface area contributed by atoms with Crippen LogP contribution in [0, 0.1) is 5.41 Å². The van der Waals surface area contributed by atoms with E-state index in [0.29, 0.717) is 5.92 Å². The lowest BCUT2D eigenvalue weighted by atomic mass is 9.72. The van der Waals surface area contributed by atoms with Crippen LogP contribution in [-0.4, -0.2) is 0 Å². The third-order valence-corrected chi connectivity index (χ3v) is 5.88. The summed E-state index contributed by atoms with van der Waals surface area (Å²) < 4.78 is 1.51. The fraction of sp³-hybridized carbons (Fsp3) is 0.375. The summed E-state index contributed by atoms with van der Waals surface area (Å²) in [6, 6.07) is 11.3. The summed E-state index contributed by atoms with van der Waals surface area (Å²) in [5, 5.41) is 2.24. The second kappa shape index (κ2) is 4.43. The first-order valence-corrected chi connectivity index (χ1v) is 8.22. The molecule has 1 aliphatic heterocycles. The van der Waals surface area contributed by atoms with Gasteiger partial charge in [-0.15, -0.1) is 23.1 Å². The highest BCUT2D eigenvalue weighted by atomic mass is 32.2. The minimum Gasteiger partial charge on any atom is -0.137 e. The first kappa shape index (κ1) is 12.3. The van der Waals surface area contributed by atoms with Crippen LogP contribution in [0.3, 0.4) is 0 Å². The van der Waals surface area contributed by atoms with Gasteiger partial charge in [-0.05, 0) is 33.6 Å². The minimum absolute atomic E-state index is 0.261. The van der Waals surface area contributed by atoms with Gasteiger partial charge in [0.25, 0.3) is 0 Å². The van der Waals surface area contributed by atoms with E-state index in [2.05, 4.69) is 56.5 Å². The van der Waals surface area contributed by atoms with E-state index in [-0.39, 0.29) is 5.41 Å². The fourth-order valence-electron chi connectivity index (χ4n) is 2.83. The topological polar surface area (TPSA) is 0 Å². The molecule has 2 aromatic rings. The first-order chi connectivity index (χ1) is 8.57. The lowest BCUT2D eigenvalue weighted by Crippen LogP contribution is -2.20. The summed E-state index contributed by atoms with van der Waals surface area (Å²) >= 11 is 3.89. The van der Waals surface area contributed by atoms with Crippen LogP contribution in [0.2, 0.25) is 0 Å². The lowest BCUT2D eigenvalue weighted by molar-refractivity contribution is 0.356. The Morgan fingerprint density at radius 2 is 1.83 bits per heavy atom. The maximum absolute atomic E-state index is 2.35. The summed E-state index contributed by atoms with van der Waals surface area (Å²) in [5.74, 6) is 1.63. The molecule has 1 atom stereocenters. The van der Waals surface area contributed by atoms with E-state index < -0.39 is 0 Å². The SMILES string of the molecule is CC(C)(C)C1c2ccccc2CSc2sccc21. The molecular weight excluding hydrogens is 256 g/mol. The van der Waals surface area contributed by atoms with E-state index in [1.807, 2.05) is 23.1 Å². The Hall–Kier alpha value is -0.730. The van der Waals surface area contributed by atoms with Crippen molar-refractivity contribution >= 4 is 23.1 Å². The number of rotatable bonds is 0. The van der Waals surface area contributed by atoms with Crippen LogP contribution in [0.5, 0.6) is 0 Å². The summed E-state index contributed by atoms with van der Waals surface area (Å²) in [6.45, 7) is 7.06. The Bertz CT molecular complexity index is 560. The molecule has 2 heteroatoms. The molecule has 18 heavy (non-hydrogen) atoms. The zero-order valence-corrected chi connectivity index (χ0v) is 12.7. The molecule has 3 rings (SSSR count). The van der Waals surface area contributed by atoms with Gasteiger partial charge in [0.05, 0.1) is 4.21 Å². The van der Waals surface area contributed by atoms with Gasteiger partial charge in [-0.2, -0.15) is 0 Å². The highest BCUT2D eigenvalue weighted by Gasteiger charge is 2.33. The van der Waals surface area contributed by atoms with Crippen molar-refractivity contribution < 1.29 is 0 Å². The molecule has 0 spiro atoms. The van der Waals surface area contributed by atoms with Gasteiger partial charge in [0.15, 0.2) is 0 Å². The van der Waals surface area contributed by atoms with E-state index >= 15 is 0 Å². The number of fused-ring (bicyclic) bond motifs is 2. The molecule has 0 saturated carbocycles. The second-order valence-corrected chi connectivity index (χ2v) is 8.11. The molecule has 1 aromatic carbocycles. The van der Waals surface area contributed by atoms with Gasteiger partial charge in [-0.25, -0.2) is 0 Å². The summed E-state index contributed by atoms with van der Waals surface area (Å²) in [4.78, 5) is 0. The quantitative estimate of drug-likeness (QED) is 0.608. The van der Waals surface area contributed by atoms with Crippen molar-refractivity contribution in [1.29, 1.82) is 0 Å². The average Bonchev–Trinajstić information content (AvgIpc) is 2.68. The van der Waals surface area contributed by atoms with Gasteiger partial charge in [-0.1, -0.05) is 45.0 Å². The Morgan fingerprint density at radius 1 is 1.06 bits per heavy atom. The van der Waals surface area contributed by atoms with Crippen LogP contribution in [-0.2, 0) is 5.75 Å². The van der Waals surface area contributed by atoms with Crippen LogP contribution in [0.4, 0.5) is 0 Å². The fourth-order valence-corrected chi connectivity index (χ4v) is 5.01. The summed E-state index contributed by atoms with van der Waals surface area (Å²) in [7, 11) is 0. The Kier molecular flexibility index (Phi) is 3.03. The van der Waals surface area contributed by atoms with Gasteiger partial charge in [0.2, 0.25) is 0 Å². The zero-order chi connectivity index (χ0) is 12.8. The van der Waals surface area contributed by atoms with Crippen molar-refractivity contribution in [3.05, 3.63) is 52.4 Å². The largest absolute Gasteiger partial charge is 0.137 e. The Labute approximate surface area is 117 Å². The molecule has 2 heterocycles. The third-order valence-electron chi connectivity index (χ3n) is 3.56. The maximum Gasteiger partial charge on any atom is 0.0640 e. The maximum atomic E-state index is 2.35. The van der Waals surface area contributed by atoms with E-state index in [1.165, 1.54) is 20.9 Å². The smallest absolute Gasteiger partial charge is 0.0640 e. The number of thioether (sulfide) groups is 1. The molecule has 0 nitrogen and oxygen atoms in total. The normalized spacial score (nSPS) is 18.9. The lowest BCUT2D eigenvalue weighted by Gasteiger charge is -2.31. The van der Waals surface area contributed by atoms with E-state index in [4.69, 9.17) is 0 Å². The van der Waals surface area contributed by atoms with Crippen molar-refractivity contribution in [2.75, 3.05) is 0 Å². The molecule has 0 saturated heterocycles. The van der Waals surface area contributed by atoms with Crippen LogP contribution in [0.1, 0.15) is 43.4 Å². The van der Waals surface area contributed by atoms with Gasteiger partial charge in [0.1, 0.15) is 0 Å². The van der Waals surface area contributed by atoms with Crippen molar-refractivity contribution in [3.8, 4) is 0 Å². The number of thiophene rings is 1. The predicted molar refractivity (Wildman–Crippen MR) is 81.6 cm³/mol. The van der Waals surface area contributed by atoms with Gasteiger partial charge in [-0.3, -0.25) is 0 Å². The summed E-state index contributed by atoms with van der Waals surface area (Å²) in [5.41, 5.74) is 4.82. The van der Waals surface area contributed by atoms with Gasteiger partial charge < -0.3 is 0 Å². The summed E-state index contributed by atoms with van der Waals surface area (Å²) in [6.07, 6.45) is 0. The number of benzene rings is 1. The molecule has 0 bridgehead atoms. The molecule has 0 N–H and O–H groups in total. The van der Waals surface area contributed by atoms with Crippen molar-refractivity contribution in [2.24, 2.45) is 5.41 Å². The molecule has 1 aliphatic rings. The van der Waals surface area contributed by atoms with E-state index in [9.17, 15) is 0 Å². The molecule has 0 amide bonds. The molecule has 94 valence electrons. The second-order valence-electron chi connectivity index (χ2n) is 5.95. The standard InChI is InChI=1S/C16H18S2/c1-16(2,3)14-12-7-5-4-6-11(12)10-18-15-13(14)8-9-17-15/h4-9,14H,10H2,1-3H3. The van der Waals surface area contributed by atoms with Crippen LogP contribution >= 0.6 is 23.1 Å². The monoisotopic (exact) mass is 274 g/mol. The van der Waals surface area contributed by atoms with Crippen molar-refractivity contribution in [3.63, 3.8) is 0 Å². The molecule has 1 unspecified atom stereocenters. The molecule has 0 radical (unpaired) electrons. The Morgan fingerprint density at radius 3 is 2.61 bits per heavy atom. The molecular formula is C16H18S2. The van der Waals surface area contributed by atoms with E-state index in [0.717, 1.165) is 5.75 Å². The molecule has 0 aliphatic carbocycles. The van der Waals surface area contributed by atoms with E-state index in [1.54, 1.807) is 0 Å². The van der Waals surface area contributed by atoms with Crippen LogP contribution < -0.4 is 0 Å². The van der Waals surface area contributed by atoms with Crippen LogP contribution in [0.25, 0.3) is 0 Å². The highest BCUT2D eigenvalue weighted by molar-refractivity contribution is 8.00. The molecule has 0 fully saturated rings. The Balaban J connectivity index is 2.23. The minimum atomic E-state index is 0.261. The van der Waals surface area contributed by atoms with Crippen LogP contribution in [0.15, 0.2) is 39.9 Å². The average molecular weight is 274 g/mol. The zero-order valence-electron chi connectivity index (χ0n) is 11.1. The highest BCUT2D eigenvalue weighted by Crippen LogP contribution is 2.50. The first-order valence-electron chi connectivity index (χ1n) is 6.35.